The summed E-state index contributed by atoms with van der Waals surface area (Å²) in [7, 11) is 0. The van der Waals surface area contributed by atoms with Gasteiger partial charge < -0.3 is 15.4 Å². The zero-order valence-electron chi connectivity index (χ0n) is 11.6. The van der Waals surface area contributed by atoms with Crippen molar-refractivity contribution in [2.75, 3.05) is 39.4 Å². The molecule has 0 aromatic carbocycles. The van der Waals surface area contributed by atoms with Crippen LogP contribution >= 0.6 is 0 Å². The number of ether oxygens (including phenoxy) is 1. The predicted octanol–water partition coefficient (Wildman–Crippen LogP) is 2.11. The van der Waals surface area contributed by atoms with E-state index in [9.17, 15) is 0 Å². The third kappa shape index (κ3) is 8.08. The first kappa shape index (κ1) is 15.9. The van der Waals surface area contributed by atoms with Crippen molar-refractivity contribution in [1.82, 2.24) is 4.90 Å². The molecule has 0 amide bonds. The van der Waals surface area contributed by atoms with Crippen molar-refractivity contribution in [3.05, 3.63) is 0 Å². The van der Waals surface area contributed by atoms with Crippen LogP contribution in [0.3, 0.4) is 0 Å². The van der Waals surface area contributed by atoms with Crippen LogP contribution in [0.4, 0.5) is 0 Å². The molecule has 0 spiro atoms. The fourth-order valence-corrected chi connectivity index (χ4v) is 1.79. The summed E-state index contributed by atoms with van der Waals surface area (Å²) < 4.78 is 5.37. The SMILES string of the molecule is CCCN(CCCOCC)CC(C)(C)CN. The molecular weight excluding hydrogens is 200 g/mol. The molecule has 3 heteroatoms. The second-order valence-electron chi connectivity index (χ2n) is 5.19. The van der Waals surface area contributed by atoms with Gasteiger partial charge in [0.15, 0.2) is 0 Å². The molecule has 0 fully saturated rings. The lowest BCUT2D eigenvalue weighted by atomic mass is 9.93. The second kappa shape index (κ2) is 8.97. The summed E-state index contributed by atoms with van der Waals surface area (Å²) >= 11 is 0. The Bertz CT molecular complexity index is 160. The van der Waals surface area contributed by atoms with Gasteiger partial charge in [0, 0.05) is 26.3 Å². The highest BCUT2D eigenvalue weighted by Crippen LogP contribution is 2.15. The van der Waals surface area contributed by atoms with Crippen LogP contribution in [0.2, 0.25) is 0 Å². The van der Waals surface area contributed by atoms with Gasteiger partial charge in [0.25, 0.3) is 0 Å². The van der Waals surface area contributed by atoms with Crippen LogP contribution in [-0.4, -0.2) is 44.3 Å². The Kier molecular flexibility index (Phi) is 8.90. The molecule has 0 radical (unpaired) electrons. The van der Waals surface area contributed by atoms with Crippen LogP contribution in [0.5, 0.6) is 0 Å². The molecule has 0 saturated carbocycles. The molecule has 0 aromatic rings. The van der Waals surface area contributed by atoms with Crippen LogP contribution in [-0.2, 0) is 4.74 Å². The summed E-state index contributed by atoms with van der Waals surface area (Å²) in [6, 6.07) is 0. The van der Waals surface area contributed by atoms with E-state index in [4.69, 9.17) is 10.5 Å². The Morgan fingerprint density at radius 1 is 1.19 bits per heavy atom. The average Bonchev–Trinajstić information content (AvgIpc) is 2.24. The van der Waals surface area contributed by atoms with Crippen LogP contribution in [0, 0.1) is 5.41 Å². The van der Waals surface area contributed by atoms with E-state index in [0.717, 1.165) is 45.8 Å². The lowest BCUT2D eigenvalue weighted by Gasteiger charge is -2.31. The third-order valence-electron chi connectivity index (χ3n) is 2.71. The molecule has 0 aromatic heterocycles. The Hall–Kier alpha value is -0.120. The van der Waals surface area contributed by atoms with E-state index in [0.29, 0.717) is 0 Å². The second-order valence-corrected chi connectivity index (χ2v) is 5.19. The van der Waals surface area contributed by atoms with E-state index in [1.165, 1.54) is 6.42 Å². The molecule has 0 rings (SSSR count). The number of hydrogen-bond acceptors (Lipinski definition) is 3. The number of hydrogen-bond donors (Lipinski definition) is 1. The van der Waals surface area contributed by atoms with Gasteiger partial charge >= 0.3 is 0 Å². The maximum Gasteiger partial charge on any atom is 0.0478 e. The van der Waals surface area contributed by atoms with Gasteiger partial charge in [-0.15, -0.1) is 0 Å². The number of rotatable bonds is 10. The summed E-state index contributed by atoms with van der Waals surface area (Å²) in [6.45, 7) is 14.6. The summed E-state index contributed by atoms with van der Waals surface area (Å²) in [4.78, 5) is 2.51. The minimum Gasteiger partial charge on any atom is -0.382 e. The van der Waals surface area contributed by atoms with Gasteiger partial charge in [-0.2, -0.15) is 0 Å². The highest BCUT2D eigenvalue weighted by atomic mass is 16.5. The molecule has 16 heavy (non-hydrogen) atoms. The molecule has 0 heterocycles. The van der Waals surface area contributed by atoms with E-state index in [-0.39, 0.29) is 5.41 Å². The van der Waals surface area contributed by atoms with Gasteiger partial charge in [-0.1, -0.05) is 20.8 Å². The van der Waals surface area contributed by atoms with Gasteiger partial charge in [0.1, 0.15) is 0 Å². The van der Waals surface area contributed by atoms with Crippen molar-refractivity contribution >= 4 is 0 Å². The smallest absolute Gasteiger partial charge is 0.0478 e. The Morgan fingerprint density at radius 2 is 1.88 bits per heavy atom. The zero-order chi connectivity index (χ0) is 12.4. The van der Waals surface area contributed by atoms with Gasteiger partial charge in [-0.25, -0.2) is 0 Å². The summed E-state index contributed by atoms with van der Waals surface area (Å²) in [6.07, 6.45) is 2.32. The molecular formula is C13H30N2O. The van der Waals surface area contributed by atoms with E-state index in [1.807, 2.05) is 6.92 Å². The van der Waals surface area contributed by atoms with Crippen LogP contribution in [0.1, 0.15) is 40.5 Å². The maximum absolute atomic E-state index is 5.78. The fourth-order valence-electron chi connectivity index (χ4n) is 1.79. The predicted molar refractivity (Wildman–Crippen MR) is 70.7 cm³/mol. The standard InChI is InChI=1S/C13H30N2O/c1-5-8-15(9-7-10-16-6-2)12-13(3,4)11-14/h5-12,14H2,1-4H3. The number of nitrogens with zero attached hydrogens (tertiary/aromatic N) is 1. The molecule has 3 nitrogen and oxygen atoms in total. The van der Waals surface area contributed by atoms with E-state index < -0.39 is 0 Å². The first-order chi connectivity index (χ1) is 7.55. The van der Waals surface area contributed by atoms with Gasteiger partial charge in [-0.05, 0) is 38.3 Å². The molecule has 0 saturated heterocycles. The van der Waals surface area contributed by atoms with E-state index in [1.54, 1.807) is 0 Å². The summed E-state index contributed by atoms with van der Waals surface area (Å²) in [5.41, 5.74) is 6.00. The van der Waals surface area contributed by atoms with Crippen molar-refractivity contribution in [3.8, 4) is 0 Å². The monoisotopic (exact) mass is 230 g/mol. The van der Waals surface area contributed by atoms with Crippen LogP contribution in [0.25, 0.3) is 0 Å². The number of nitrogens with two attached hydrogens (primary N) is 1. The quantitative estimate of drug-likeness (QED) is 0.584. The molecule has 0 aliphatic heterocycles. The van der Waals surface area contributed by atoms with Crippen molar-refractivity contribution in [2.24, 2.45) is 11.1 Å². The molecule has 98 valence electrons. The van der Waals surface area contributed by atoms with Gasteiger partial charge in [-0.3, -0.25) is 0 Å². The maximum atomic E-state index is 5.78. The normalized spacial score (nSPS) is 12.4. The summed E-state index contributed by atoms with van der Waals surface area (Å²) in [5.74, 6) is 0. The Balaban J connectivity index is 3.87. The average molecular weight is 230 g/mol. The van der Waals surface area contributed by atoms with Crippen LogP contribution < -0.4 is 5.73 Å². The van der Waals surface area contributed by atoms with Crippen LogP contribution in [0.15, 0.2) is 0 Å². The Labute approximate surface area is 101 Å². The first-order valence-corrected chi connectivity index (χ1v) is 6.56. The zero-order valence-corrected chi connectivity index (χ0v) is 11.6. The molecule has 0 aliphatic rings. The molecule has 0 aliphatic carbocycles. The van der Waals surface area contributed by atoms with Gasteiger partial charge in [0.05, 0.1) is 0 Å². The molecule has 2 N–H and O–H groups in total. The highest BCUT2D eigenvalue weighted by Gasteiger charge is 2.19. The lowest BCUT2D eigenvalue weighted by Crippen LogP contribution is -2.39. The fraction of sp³-hybridized carbons (Fsp3) is 1.00. The Morgan fingerprint density at radius 3 is 2.38 bits per heavy atom. The van der Waals surface area contributed by atoms with Crippen molar-refractivity contribution in [3.63, 3.8) is 0 Å². The largest absolute Gasteiger partial charge is 0.382 e. The van der Waals surface area contributed by atoms with Crippen molar-refractivity contribution in [2.45, 2.75) is 40.5 Å². The summed E-state index contributed by atoms with van der Waals surface area (Å²) in [5, 5.41) is 0. The van der Waals surface area contributed by atoms with Crippen molar-refractivity contribution in [1.29, 1.82) is 0 Å². The highest BCUT2D eigenvalue weighted by molar-refractivity contribution is 4.74. The molecule has 0 unspecified atom stereocenters. The van der Waals surface area contributed by atoms with E-state index in [2.05, 4.69) is 25.7 Å². The minimum atomic E-state index is 0.223. The third-order valence-corrected chi connectivity index (χ3v) is 2.71. The lowest BCUT2D eigenvalue weighted by molar-refractivity contribution is 0.120. The topological polar surface area (TPSA) is 38.5 Å². The molecule has 0 atom stereocenters. The first-order valence-electron chi connectivity index (χ1n) is 6.56. The van der Waals surface area contributed by atoms with E-state index >= 15 is 0 Å². The van der Waals surface area contributed by atoms with Gasteiger partial charge in [0.2, 0.25) is 0 Å². The molecule has 0 bridgehead atoms. The van der Waals surface area contributed by atoms with Crippen molar-refractivity contribution < 1.29 is 4.74 Å². The minimum absolute atomic E-state index is 0.223.